The fourth-order valence-electron chi connectivity index (χ4n) is 4.63. The molecule has 0 aliphatic rings. The van der Waals surface area contributed by atoms with Crippen LogP contribution in [0.3, 0.4) is 0 Å². The number of carboxylic acid groups (broad SMARTS) is 1. The van der Waals surface area contributed by atoms with Gasteiger partial charge in [0.2, 0.25) is 0 Å². The van der Waals surface area contributed by atoms with Crippen LogP contribution in [0.15, 0.2) is 12.7 Å². The Morgan fingerprint density at radius 2 is 0.656 bits per heavy atom. The van der Waals surface area contributed by atoms with Crippen molar-refractivity contribution in [2.75, 3.05) is 0 Å². The van der Waals surface area contributed by atoms with E-state index in [2.05, 4.69) is 6.58 Å². The average molecular weight is 451 g/mol. The summed E-state index contributed by atoms with van der Waals surface area (Å²) in [4.78, 5) is 10.4. The molecule has 2 heteroatoms. The van der Waals surface area contributed by atoms with Crippen LogP contribution < -0.4 is 0 Å². The summed E-state index contributed by atoms with van der Waals surface area (Å²) in [5.41, 5.74) is 0. The highest BCUT2D eigenvalue weighted by Crippen LogP contribution is 2.16. The molecule has 0 spiro atoms. The third kappa shape index (κ3) is 29.2. The fraction of sp³-hybridized carbons (Fsp3) is 0.900. The molecule has 0 saturated heterocycles. The van der Waals surface area contributed by atoms with Crippen LogP contribution >= 0.6 is 0 Å². The molecule has 0 unspecified atom stereocenters. The topological polar surface area (TPSA) is 37.3 Å². The Balaban J connectivity index is 3.01. The molecule has 0 radical (unpaired) electrons. The predicted molar refractivity (Wildman–Crippen MR) is 142 cm³/mol. The van der Waals surface area contributed by atoms with Crippen molar-refractivity contribution in [3.8, 4) is 0 Å². The number of rotatable bonds is 28. The highest BCUT2D eigenvalue weighted by atomic mass is 16.4. The molecule has 0 aromatic carbocycles. The van der Waals surface area contributed by atoms with Gasteiger partial charge in [0.1, 0.15) is 0 Å². The smallest absolute Gasteiger partial charge is 0.303 e. The third-order valence-electron chi connectivity index (χ3n) is 6.80. The van der Waals surface area contributed by atoms with E-state index in [9.17, 15) is 4.79 Å². The van der Waals surface area contributed by atoms with Crippen molar-refractivity contribution < 1.29 is 9.90 Å². The molecule has 32 heavy (non-hydrogen) atoms. The summed E-state index contributed by atoms with van der Waals surface area (Å²) in [5.74, 6) is -0.650. The monoisotopic (exact) mass is 450 g/mol. The van der Waals surface area contributed by atoms with Crippen LogP contribution in [0, 0.1) is 0 Å². The van der Waals surface area contributed by atoms with E-state index < -0.39 is 5.97 Å². The summed E-state index contributed by atoms with van der Waals surface area (Å²) in [5, 5.41) is 8.60. The van der Waals surface area contributed by atoms with Gasteiger partial charge in [0, 0.05) is 6.42 Å². The van der Waals surface area contributed by atoms with Gasteiger partial charge in [0.15, 0.2) is 0 Å². The number of unbranched alkanes of at least 4 members (excludes halogenated alkanes) is 25. The van der Waals surface area contributed by atoms with E-state index in [4.69, 9.17) is 5.11 Å². The lowest BCUT2D eigenvalue weighted by atomic mass is 10.0. The predicted octanol–water partition coefficient (Wildman–Crippen LogP) is 10.8. The Bertz CT molecular complexity index is 377. The maximum atomic E-state index is 10.4. The largest absolute Gasteiger partial charge is 0.481 e. The molecule has 0 amide bonds. The molecule has 0 saturated carbocycles. The van der Waals surface area contributed by atoms with Crippen LogP contribution in [0.4, 0.5) is 0 Å². The number of carboxylic acids is 1. The molecule has 1 N–H and O–H groups in total. The molecule has 0 heterocycles. The molecule has 0 fully saturated rings. The Morgan fingerprint density at radius 1 is 0.438 bits per heavy atom. The molecular formula is C30H58O2. The molecule has 190 valence electrons. The highest BCUT2D eigenvalue weighted by Gasteiger charge is 1.98. The van der Waals surface area contributed by atoms with Gasteiger partial charge in [0.05, 0.1) is 0 Å². The van der Waals surface area contributed by atoms with Crippen molar-refractivity contribution in [1.82, 2.24) is 0 Å². The maximum Gasteiger partial charge on any atom is 0.303 e. The van der Waals surface area contributed by atoms with Gasteiger partial charge < -0.3 is 5.11 Å². The second-order valence-corrected chi connectivity index (χ2v) is 10.1. The number of hydrogen-bond acceptors (Lipinski definition) is 1. The first-order valence-electron chi connectivity index (χ1n) is 14.6. The van der Waals surface area contributed by atoms with Crippen molar-refractivity contribution in [2.45, 2.75) is 173 Å². The zero-order valence-electron chi connectivity index (χ0n) is 21.7. The number of hydrogen-bond donors (Lipinski definition) is 1. The van der Waals surface area contributed by atoms with E-state index >= 15 is 0 Å². The van der Waals surface area contributed by atoms with E-state index in [0.717, 1.165) is 12.8 Å². The summed E-state index contributed by atoms with van der Waals surface area (Å²) in [6, 6.07) is 0. The normalized spacial score (nSPS) is 11.1. The SMILES string of the molecule is C=CCCCCCCCCCCCCCCCCCCCCCCCCCCCC(=O)O. The second kappa shape index (κ2) is 28.2. The summed E-state index contributed by atoms with van der Waals surface area (Å²) in [6.07, 6.45) is 38.0. The zero-order valence-corrected chi connectivity index (χ0v) is 21.7. The van der Waals surface area contributed by atoms with Crippen LogP contribution in [0.5, 0.6) is 0 Å². The molecule has 2 nitrogen and oxygen atoms in total. The van der Waals surface area contributed by atoms with E-state index in [0.29, 0.717) is 6.42 Å². The van der Waals surface area contributed by atoms with Gasteiger partial charge in [-0.1, -0.05) is 154 Å². The van der Waals surface area contributed by atoms with Crippen LogP contribution in [0.25, 0.3) is 0 Å². The summed E-state index contributed by atoms with van der Waals surface area (Å²) in [7, 11) is 0. The Hall–Kier alpha value is -0.790. The first kappa shape index (κ1) is 31.2. The molecule has 0 aromatic rings. The number of carbonyl (C=O) groups is 1. The van der Waals surface area contributed by atoms with Crippen LogP contribution in [0.1, 0.15) is 173 Å². The molecule has 0 aliphatic heterocycles. The minimum absolute atomic E-state index is 0.345. The van der Waals surface area contributed by atoms with Crippen LogP contribution in [-0.4, -0.2) is 11.1 Å². The van der Waals surface area contributed by atoms with Crippen molar-refractivity contribution >= 4 is 5.97 Å². The lowest BCUT2D eigenvalue weighted by molar-refractivity contribution is -0.137. The lowest BCUT2D eigenvalue weighted by Crippen LogP contribution is -1.93. The van der Waals surface area contributed by atoms with Crippen molar-refractivity contribution in [3.63, 3.8) is 0 Å². The summed E-state index contributed by atoms with van der Waals surface area (Å²) >= 11 is 0. The van der Waals surface area contributed by atoms with Gasteiger partial charge in [-0.25, -0.2) is 0 Å². The summed E-state index contributed by atoms with van der Waals surface area (Å²) < 4.78 is 0. The Kier molecular flexibility index (Phi) is 27.5. The van der Waals surface area contributed by atoms with Gasteiger partial charge in [-0.15, -0.1) is 6.58 Å². The van der Waals surface area contributed by atoms with Gasteiger partial charge in [0.25, 0.3) is 0 Å². The first-order valence-corrected chi connectivity index (χ1v) is 14.6. The van der Waals surface area contributed by atoms with Crippen molar-refractivity contribution in [3.05, 3.63) is 12.7 Å². The quantitative estimate of drug-likeness (QED) is 0.0950. The zero-order chi connectivity index (χ0) is 23.4. The standard InChI is InChI=1S/C30H58O2/c1-2-3-4-5-6-7-8-9-10-11-12-13-14-15-16-17-18-19-20-21-22-23-24-25-26-27-28-29-30(31)32/h2H,1,3-29H2,(H,31,32). The van der Waals surface area contributed by atoms with Gasteiger partial charge in [-0.3, -0.25) is 4.79 Å². The van der Waals surface area contributed by atoms with Crippen molar-refractivity contribution in [2.24, 2.45) is 0 Å². The van der Waals surface area contributed by atoms with E-state index in [-0.39, 0.29) is 0 Å². The van der Waals surface area contributed by atoms with E-state index in [1.165, 1.54) is 154 Å². The third-order valence-corrected chi connectivity index (χ3v) is 6.80. The van der Waals surface area contributed by atoms with Gasteiger partial charge >= 0.3 is 5.97 Å². The highest BCUT2D eigenvalue weighted by molar-refractivity contribution is 5.66. The number of aliphatic carboxylic acids is 1. The maximum absolute atomic E-state index is 10.4. The van der Waals surface area contributed by atoms with Crippen LogP contribution in [0.2, 0.25) is 0 Å². The molecule has 0 rings (SSSR count). The minimum Gasteiger partial charge on any atom is -0.481 e. The Morgan fingerprint density at radius 3 is 0.875 bits per heavy atom. The first-order chi connectivity index (χ1) is 15.8. The van der Waals surface area contributed by atoms with Gasteiger partial charge in [-0.2, -0.15) is 0 Å². The van der Waals surface area contributed by atoms with Crippen LogP contribution in [-0.2, 0) is 4.79 Å². The van der Waals surface area contributed by atoms with Gasteiger partial charge in [-0.05, 0) is 19.3 Å². The van der Waals surface area contributed by atoms with E-state index in [1.54, 1.807) is 0 Å². The minimum atomic E-state index is -0.650. The fourth-order valence-corrected chi connectivity index (χ4v) is 4.63. The lowest BCUT2D eigenvalue weighted by Gasteiger charge is -2.04. The second-order valence-electron chi connectivity index (χ2n) is 10.1. The Labute approximate surface area is 202 Å². The van der Waals surface area contributed by atoms with Crippen molar-refractivity contribution in [1.29, 1.82) is 0 Å². The molecule has 0 atom stereocenters. The molecule has 0 aliphatic carbocycles. The van der Waals surface area contributed by atoms with E-state index in [1.807, 2.05) is 6.08 Å². The molecule has 0 bridgehead atoms. The summed E-state index contributed by atoms with van der Waals surface area (Å²) in [6.45, 7) is 3.79. The number of allylic oxidation sites excluding steroid dienone is 1. The average Bonchev–Trinajstić information content (AvgIpc) is 2.78. The molecule has 0 aromatic heterocycles. The molecular weight excluding hydrogens is 392 g/mol.